The van der Waals surface area contributed by atoms with E-state index >= 15 is 0 Å². The molecule has 0 amide bonds. The third kappa shape index (κ3) is 5.00. The summed E-state index contributed by atoms with van der Waals surface area (Å²) >= 11 is 0. The van der Waals surface area contributed by atoms with Crippen molar-refractivity contribution in [2.24, 2.45) is 0 Å². The number of hydrogen-bond acceptors (Lipinski definition) is 4. The first-order chi connectivity index (χ1) is 21.2. The zero-order chi connectivity index (χ0) is 28.8. The van der Waals surface area contributed by atoms with E-state index in [2.05, 4.69) is 112 Å². The van der Waals surface area contributed by atoms with Crippen molar-refractivity contribution >= 4 is 32.8 Å². The SMILES string of the molecule is O=c1[nH]c2ccc(C3CCN(Cc4ccc(-c5nc6cc7ccccc7cc6nc5-c5ccccc5)cc4)CC3)cc2[nH]1. The van der Waals surface area contributed by atoms with Gasteiger partial charge in [0.05, 0.1) is 33.5 Å². The van der Waals surface area contributed by atoms with E-state index in [0.717, 1.165) is 77.1 Å². The molecule has 3 heterocycles. The standard InChI is InChI=1S/C37H31N5O/c43-37-40-31-15-14-30(22-32(31)41-37)25-16-18-42(19-17-25)23-24-10-12-27(13-11-24)36-35(26-6-2-1-3-7-26)38-33-20-28-8-4-5-9-29(28)21-34(33)39-36/h1-15,20-22,25H,16-19,23H2,(H2,40,41,43). The highest BCUT2D eigenvalue weighted by Crippen LogP contribution is 2.33. The lowest BCUT2D eigenvalue weighted by molar-refractivity contribution is 0.204. The fourth-order valence-electron chi connectivity index (χ4n) is 6.50. The van der Waals surface area contributed by atoms with E-state index in [1.807, 2.05) is 12.1 Å². The first-order valence-corrected chi connectivity index (χ1v) is 15.0. The van der Waals surface area contributed by atoms with Gasteiger partial charge in [-0.15, -0.1) is 0 Å². The quantitative estimate of drug-likeness (QED) is 0.212. The minimum atomic E-state index is -0.148. The van der Waals surface area contributed by atoms with Crippen LogP contribution in [0.3, 0.4) is 0 Å². The second-order valence-electron chi connectivity index (χ2n) is 11.6. The number of nitrogens with one attached hydrogen (secondary N) is 2. The maximum atomic E-state index is 11.6. The Morgan fingerprint density at radius 1 is 0.651 bits per heavy atom. The highest BCUT2D eigenvalue weighted by molar-refractivity contribution is 5.97. The summed E-state index contributed by atoms with van der Waals surface area (Å²) in [7, 11) is 0. The van der Waals surface area contributed by atoms with Gasteiger partial charge in [-0.05, 0) is 78.0 Å². The Bertz CT molecular complexity index is 2140. The van der Waals surface area contributed by atoms with Gasteiger partial charge in [0.25, 0.3) is 0 Å². The molecule has 6 nitrogen and oxygen atoms in total. The van der Waals surface area contributed by atoms with Crippen molar-refractivity contribution < 1.29 is 0 Å². The average Bonchev–Trinajstić information content (AvgIpc) is 3.43. The molecule has 0 aliphatic carbocycles. The minimum Gasteiger partial charge on any atom is -0.306 e. The number of H-pyrrole nitrogens is 2. The van der Waals surface area contributed by atoms with Crippen molar-refractivity contribution in [3.63, 3.8) is 0 Å². The van der Waals surface area contributed by atoms with E-state index < -0.39 is 0 Å². The van der Waals surface area contributed by atoms with Gasteiger partial charge >= 0.3 is 5.69 Å². The molecular weight excluding hydrogens is 530 g/mol. The second kappa shape index (κ2) is 10.6. The van der Waals surface area contributed by atoms with Gasteiger partial charge in [-0.25, -0.2) is 14.8 Å². The summed E-state index contributed by atoms with van der Waals surface area (Å²) in [6, 6.07) is 38.2. The number of fused-ring (bicyclic) bond motifs is 3. The number of imidazole rings is 1. The third-order valence-electron chi connectivity index (χ3n) is 8.81. The Hall–Kier alpha value is -5.07. The highest BCUT2D eigenvalue weighted by atomic mass is 16.1. The number of piperidine rings is 1. The second-order valence-corrected chi connectivity index (χ2v) is 11.6. The molecule has 2 N–H and O–H groups in total. The molecule has 0 bridgehead atoms. The number of aromatic amines is 2. The molecule has 2 aromatic heterocycles. The summed E-state index contributed by atoms with van der Waals surface area (Å²) in [4.78, 5) is 30.2. The summed E-state index contributed by atoms with van der Waals surface area (Å²) in [6.07, 6.45) is 2.22. The van der Waals surface area contributed by atoms with Crippen LogP contribution in [0.5, 0.6) is 0 Å². The first-order valence-electron chi connectivity index (χ1n) is 15.0. The van der Waals surface area contributed by atoms with Crippen molar-refractivity contribution in [3.8, 4) is 22.5 Å². The molecule has 5 aromatic carbocycles. The van der Waals surface area contributed by atoms with Gasteiger partial charge in [0.2, 0.25) is 0 Å². The predicted octanol–water partition coefficient (Wildman–Crippen LogP) is 7.67. The zero-order valence-electron chi connectivity index (χ0n) is 23.8. The van der Waals surface area contributed by atoms with Gasteiger partial charge in [0.1, 0.15) is 0 Å². The molecule has 1 fully saturated rings. The molecule has 1 saturated heterocycles. The Kier molecular flexibility index (Phi) is 6.34. The molecule has 7 aromatic rings. The molecule has 1 aliphatic heterocycles. The van der Waals surface area contributed by atoms with Crippen molar-refractivity contribution in [2.75, 3.05) is 13.1 Å². The van der Waals surface area contributed by atoms with E-state index in [1.54, 1.807) is 0 Å². The topological polar surface area (TPSA) is 77.7 Å². The number of aromatic nitrogens is 4. The molecular formula is C37H31N5O. The Morgan fingerprint density at radius 3 is 1.93 bits per heavy atom. The van der Waals surface area contributed by atoms with E-state index in [0.29, 0.717) is 5.92 Å². The number of benzene rings is 5. The van der Waals surface area contributed by atoms with Gasteiger partial charge in [0.15, 0.2) is 0 Å². The van der Waals surface area contributed by atoms with Gasteiger partial charge in [-0.3, -0.25) is 4.90 Å². The normalized spacial score (nSPS) is 14.6. The minimum absolute atomic E-state index is 0.148. The zero-order valence-corrected chi connectivity index (χ0v) is 23.8. The van der Waals surface area contributed by atoms with Crippen molar-refractivity contribution in [2.45, 2.75) is 25.3 Å². The average molecular weight is 562 g/mol. The van der Waals surface area contributed by atoms with Gasteiger partial charge in [-0.2, -0.15) is 0 Å². The van der Waals surface area contributed by atoms with Gasteiger partial charge in [0, 0.05) is 17.7 Å². The molecule has 0 saturated carbocycles. The van der Waals surface area contributed by atoms with Crippen LogP contribution in [-0.2, 0) is 6.54 Å². The van der Waals surface area contributed by atoms with Crippen molar-refractivity contribution in [3.05, 3.63) is 131 Å². The lowest BCUT2D eigenvalue weighted by Gasteiger charge is -2.32. The molecule has 0 radical (unpaired) electrons. The summed E-state index contributed by atoms with van der Waals surface area (Å²) < 4.78 is 0. The number of rotatable bonds is 5. The summed E-state index contributed by atoms with van der Waals surface area (Å²) in [6.45, 7) is 3.03. The van der Waals surface area contributed by atoms with Gasteiger partial charge in [-0.1, -0.05) is 84.9 Å². The van der Waals surface area contributed by atoms with Gasteiger partial charge < -0.3 is 9.97 Å². The van der Waals surface area contributed by atoms with Crippen LogP contribution in [0, 0.1) is 0 Å². The fraction of sp³-hybridized carbons (Fsp3) is 0.162. The molecule has 6 heteroatoms. The maximum absolute atomic E-state index is 11.6. The number of hydrogen-bond donors (Lipinski definition) is 2. The monoisotopic (exact) mass is 561 g/mol. The number of likely N-dealkylation sites (tertiary alicyclic amines) is 1. The lowest BCUT2D eigenvalue weighted by atomic mass is 9.89. The molecule has 0 atom stereocenters. The van der Waals surface area contributed by atoms with Crippen molar-refractivity contribution in [1.29, 1.82) is 0 Å². The Morgan fingerprint density at radius 2 is 1.26 bits per heavy atom. The van der Waals surface area contributed by atoms with Crippen LogP contribution in [0.2, 0.25) is 0 Å². The molecule has 0 spiro atoms. The van der Waals surface area contributed by atoms with Crippen LogP contribution >= 0.6 is 0 Å². The van der Waals surface area contributed by atoms with Crippen LogP contribution in [0.1, 0.15) is 29.9 Å². The lowest BCUT2D eigenvalue weighted by Crippen LogP contribution is -2.32. The van der Waals surface area contributed by atoms with Crippen LogP contribution in [0.4, 0.5) is 0 Å². The maximum Gasteiger partial charge on any atom is 0.323 e. The summed E-state index contributed by atoms with van der Waals surface area (Å²) in [5.74, 6) is 0.515. The number of nitrogens with zero attached hydrogens (tertiary/aromatic N) is 3. The fourth-order valence-corrected chi connectivity index (χ4v) is 6.50. The molecule has 1 aliphatic rings. The Balaban J connectivity index is 1.03. The predicted molar refractivity (Wildman–Crippen MR) is 174 cm³/mol. The van der Waals surface area contributed by atoms with Crippen LogP contribution in [0.25, 0.3) is 55.4 Å². The summed E-state index contributed by atoms with van der Waals surface area (Å²) in [5, 5.41) is 2.34. The first kappa shape index (κ1) is 25.6. The molecule has 8 rings (SSSR count). The van der Waals surface area contributed by atoms with Crippen molar-refractivity contribution in [1.82, 2.24) is 24.8 Å². The molecule has 43 heavy (non-hydrogen) atoms. The van der Waals surface area contributed by atoms with E-state index in [1.165, 1.54) is 21.9 Å². The van der Waals surface area contributed by atoms with Crippen LogP contribution < -0.4 is 5.69 Å². The van der Waals surface area contributed by atoms with E-state index in [4.69, 9.17) is 9.97 Å². The summed E-state index contributed by atoms with van der Waals surface area (Å²) in [5.41, 5.74) is 9.98. The van der Waals surface area contributed by atoms with E-state index in [-0.39, 0.29) is 5.69 Å². The van der Waals surface area contributed by atoms with Crippen LogP contribution in [-0.4, -0.2) is 37.9 Å². The largest absolute Gasteiger partial charge is 0.323 e. The molecule has 210 valence electrons. The molecule has 0 unspecified atom stereocenters. The highest BCUT2D eigenvalue weighted by Gasteiger charge is 2.21. The van der Waals surface area contributed by atoms with E-state index in [9.17, 15) is 4.79 Å². The Labute approximate surface area is 249 Å². The smallest absolute Gasteiger partial charge is 0.306 e. The van der Waals surface area contributed by atoms with Crippen LogP contribution in [0.15, 0.2) is 114 Å². The third-order valence-corrected chi connectivity index (χ3v) is 8.81.